The number of nitrogens with zero attached hydrogens (tertiary/aromatic N) is 1. The molecular weight excluding hydrogens is 206 g/mol. The number of rotatable bonds is 1. The minimum absolute atomic E-state index is 0.196. The normalized spacial score (nSPS) is 42.1. The van der Waals surface area contributed by atoms with Crippen molar-refractivity contribution in [2.75, 3.05) is 0 Å². The lowest BCUT2D eigenvalue weighted by atomic mass is 9.54. The van der Waals surface area contributed by atoms with Crippen LogP contribution in [0.4, 0.5) is 0 Å². The van der Waals surface area contributed by atoms with Crippen LogP contribution in [0.3, 0.4) is 0 Å². The lowest BCUT2D eigenvalue weighted by Crippen LogP contribution is -2.47. The van der Waals surface area contributed by atoms with Crippen LogP contribution in [0.5, 0.6) is 0 Å². The molecule has 2 saturated carbocycles. The Labute approximate surface area is 106 Å². The Morgan fingerprint density at radius 3 is 2.71 bits per heavy atom. The molecule has 2 rings (SSSR count). The topological polar surface area (TPSA) is 4.36 Å². The Balaban J connectivity index is 2.32. The molecule has 2 aliphatic rings. The van der Waals surface area contributed by atoms with Crippen molar-refractivity contribution in [1.29, 1.82) is 0 Å². The zero-order chi connectivity index (χ0) is 12.6. The van der Waals surface area contributed by atoms with Crippen molar-refractivity contribution in [3.63, 3.8) is 0 Å². The van der Waals surface area contributed by atoms with E-state index in [1.807, 2.05) is 0 Å². The van der Waals surface area contributed by atoms with E-state index in [1.54, 1.807) is 0 Å². The van der Waals surface area contributed by atoms with Crippen LogP contribution in [-0.4, -0.2) is 6.04 Å². The summed E-state index contributed by atoms with van der Waals surface area (Å²) in [7, 11) is 0. The Morgan fingerprint density at radius 1 is 1.41 bits per heavy atom. The highest BCUT2D eigenvalue weighted by molar-refractivity contribution is 5.19. The van der Waals surface area contributed by atoms with Crippen LogP contribution < -0.4 is 0 Å². The van der Waals surface area contributed by atoms with Crippen molar-refractivity contribution in [3.05, 3.63) is 23.6 Å². The molecule has 0 bridgehead atoms. The van der Waals surface area contributed by atoms with Gasteiger partial charge in [0.05, 0.1) is 5.92 Å². The van der Waals surface area contributed by atoms with Gasteiger partial charge >= 0.3 is 0 Å². The van der Waals surface area contributed by atoms with Gasteiger partial charge in [0.1, 0.15) is 0 Å². The van der Waals surface area contributed by atoms with E-state index in [9.17, 15) is 0 Å². The third kappa shape index (κ3) is 2.03. The van der Waals surface area contributed by atoms with Gasteiger partial charge in [-0.15, -0.1) is 0 Å². The summed E-state index contributed by atoms with van der Waals surface area (Å²) in [6, 6.07) is 0.196. The fraction of sp³-hybridized carbons (Fsp3) is 0.812. The second-order valence-electron chi connectivity index (χ2n) is 6.71. The molecule has 4 unspecified atom stereocenters. The van der Waals surface area contributed by atoms with Gasteiger partial charge in [0.15, 0.2) is 0 Å². The zero-order valence-corrected chi connectivity index (χ0v) is 11.5. The molecule has 1 heteroatoms. The minimum atomic E-state index is 0.196. The molecule has 0 aliphatic heterocycles. The summed E-state index contributed by atoms with van der Waals surface area (Å²) in [6.45, 7) is 18.8. The van der Waals surface area contributed by atoms with E-state index < -0.39 is 0 Å². The van der Waals surface area contributed by atoms with Gasteiger partial charge in [-0.2, -0.15) is 0 Å². The zero-order valence-electron chi connectivity index (χ0n) is 11.5. The molecule has 0 aromatic rings. The average Bonchev–Trinajstić information content (AvgIpc) is 2.26. The summed E-state index contributed by atoms with van der Waals surface area (Å²) in [5, 5.41) is 0. The molecule has 1 nitrogen and oxygen atoms in total. The molecule has 17 heavy (non-hydrogen) atoms. The van der Waals surface area contributed by atoms with Gasteiger partial charge < -0.3 is 4.85 Å². The Kier molecular flexibility index (Phi) is 3.34. The fourth-order valence-electron chi connectivity index (χ4n) is 4.27. The maximum atomic E-state index is 7.60. The van der Waals surface area contributed by atoms with Crippen LogP contribution >= 0.6 is 0 Å². The SMILES string of the molecule is [C-]#[N+]C1C(C(C)C)CCC2(C)CCCC(=C)C12. The van der Waals surface area contributed by atoms with Gasteiger partial charge in [-0.05, 0) is 43.4 Å². The van der Waals surface area contributed by atoms with Crippen LogP contribution in [0, 0.1) is 29.7 Å². The molecule has 0 saturated heterocycles. The Hall–Kier alpha value is -0.770. The Morgan fingerprint density at radius 2 is 2.12 bits per heavy atom. The third-order valence-electron chi connectivity index (χ3n) is 5.27. The predicted molar refractivity (Wildman–Crippen MR) is 72.5 cm³/mol. The highest BCUT2D eigenvalue weighted by Crippen LogP contribution is 2.55. The first-order valence-electron chi connectivity index (χ1n) is 7.04. The molecule has 0 N–H and O–H groups in total. The van der Waals surface area contributed by atoms with E-state index in [1.165, 1.54) is 31.3 Å². The molecule has 2 aliphatic carbocycles. The van der Waals surface area contributed by atoms with Crippen LogP contribution in [0.2, 0.25) is 0 Å². The van der Waals surface area contributed by atoms with Crippen LogP contribution in [0.1, 0.15) is 52.9 Å². The van der Waals surface area contributed by atoms with Gasteiger partial charge in [0, 0.05) is 5.92 Å². The van der Waals surface area contributed by atoms with Gasteiger partial charge in [-0.3, -0.25) is 0 Å². The Bertz CT molecular complexity index is 349. The summed E-state index contributed by atoms with van der Waals surface area (Å²) in [6.07, 6.45) is 6.27. The van der Waals surface area contributed by atoms with Crippen molar-refractivity contribution in [1.82, 2.24) is 0 Å². The lowest BCUT2D eigenvalue weighted by Gasteiger charge is -2.49. The largest absolute Gasteiger partial charge is 0.313 e. The summed E-state index contributed by atoms with van der Waals surface area (Å²) in [5.74, 6) is 1.68. The van der Waals surface area contributed by atoms with E-state index in [2.05, 4.69) is 32.2 Å². The quantitative estimate of drug-likeness (QED) is 0.455. The van der Waals surface area contributed by atoms with Crippen molar-refractivity contribution in [2.45, 2.75) is 58.9 Å². The molecule has 0 aromatic heterocycles. The number of fused-ring (bicyclic) bond motifs is 1. The smallest absolute Gasteiger partial charge is 0.233 e. The van der Waals surface area contributed by atoms with Crippen LogP contribution in [0.25, 0.3) is 4.85 Å². The molecule has 0 heterocycles. The highest BCUT2D eigenvalue weighted by atomic mass is 14.8. The summed E-state index contributed by atoms with van der Waals surface area (Å²) >= 11 is 0. The van der Waals surface area contributed by atoms with Crippen molar-refractivity contribution >= 4 is 0 Å². The molecule has 0 spiro atoms. The maximum Gasteiger partial charge on any atom is 0.233 e. The van der Waals surface area contributed by atoms with E-state index in [0.717, 1.165) is 6.42 Å². The van der Waals surface area contributed by atoms with E-state index in [-0.39, 0.29) is 6.04 Å². The highest BCUT2D eigenvalue weighted by Gasteiger charge is 2.53. The molecule has 0 radical (unpaired) electrons. The van der Waals surface area contributed by atoms with E-state index in [4.69, 9.17) is 6.57 Å². The molecule has 2 fully saturated rings. The van der Waals surface area contributed by atoms with E-state index in [0.29, 0.717) is 23.2 Å². The molecule has 94 valence electrons. The second-order valence-corrected chi connectivity index (χ2v) is 6.71. The molecule has 4 atom stereocenters. The first-order valence-corrected chi connectivity index (χ1v) is 7.04. The van der Waals surface area contributed by atoms with Gasteiger partial charge in [-0.1, -0.05) is 32.9 Å². The van der Waals surface area contributed by atoms with Crippen molar-refractivity contribution < 1.29 is 0 Å². The summed E-state index contributed by atoms with van der Waals surface area (Å²) < 4.78 is 0. The third-order valence-corrected chi connectivity index (χ3v) is 5.27. The molecule has 0 aromatic carbocycles. The second kappa shape index (κ2) is 4.48. The van der Waals surface area contributed by atoms with Gasteiger partial charge in [-0.25, -0.2) is 6.57 Å². The predicted octanol–water partition coefficient (Wildman–Crippen LogP) is 4.70. The summed E-state index contributed by atoms with van der Waals surface area (Å²) in [4.78, 5) is 4.02. The van der Waals surface area contributed by atoms with Gasteiger partial charge in [0.25, 0.3) is 0 Å². The van der Waals surface area contributed by atoms with E-state index >= 15 is 0 Å². The standard InChI is InChI=1S/C16H25N/c1-11(2)13-8-10-16(4)9-6-7-12(3)14(16)15(13)17-5/h11,13-15H,3,6-10H2,1-2,4H3. The van der Waals surface area contributed by atoms with Crippen molar-refractivity contribution in [3.8, 4) is 0 Å². The summed E-state index contributed by atoms with van der Waals surface area (Å²) in [5.41, 5.74) is 1.74. The van der Waals surface area contributed by atoms with Gasteiger partial charge in [0.2, 0.25) is 6.04 Å². The van der Waals surface area contributed by atoms with Crippen molar-refractivity contribution in [2.24, 2.45) is 23.2 Å². The first-order chi connectivity index (χ1) is 7.99. The van der Waals surface area contributed by atoms with Crippen LogP contribution in [0.15, 0.2) is 12.2 Å². The number of hydrogen-bond acceptors (Lipinski definition) is 0. The monoisotopic (exact) mass is 231 g/mol. The number of hydrogen-bond donors (Lipinski definition) is 0. The molecule has 0 amide bonds. The lowest BCUT2D eigenvalue weighted by molar-refractivity contribution is 0.0508. The maximum absolute atomic E-state index is 7.60. The molecular formula is C16H25N. The van der Waals surface area contributed by atoms with Crippen LogP contribution in [-0.2, 0) is 0 Å². The minimum Gasteiger partial charge on any atom is -0.313 e. The fourth-order valence-corrected chi connectivity index (χ4v) is 4.27. The first kappa shape index (κ1) is 12.7. The average molecular weight is 231 g/mol.